The van der Waals surface area contributed by atoms with Crippen LogP contribution in [0, 0.1) is 6.92 Å². The summed E-state index contributed by atoms with van der Waals surface area (Å²) < 4.78 is 70.7. The summed E-state index contributed by atoms with van der Waals surface area (Å²) in [6.45, 7) is 9.12. The van der Waals surface area contributed by atoms with E-state index in [1.807, 2.05) is 12.1 Å². The predicted octanol–water partition coefficient (Wildman–Crippen LogP) is 4.96. The number of nitrogens with zero attached hydrogens (tertiary/aromatic N) is 6. The van der Waals surface area contributed by atoms with E-state index in [4.69, 9.17) is 5.10 Å². The molecular weight excluding hydrogens is 674 g/mol. The minimum Gasteiger partial charge on any atom is -0.390 e. The molecule has 9 nitrogen and oxygen atoms in total. The molecule has 0 spiro atoms. The minimum absolute atomic E-state index is 0.0823. The lowest BCUT2D eigenvalue weighted by atomic mass is 10.0. The molecule has 1 unspecified atom stereocenters. The number of sulfonamides is 1. The summed E-state index contributed by atoms with van der Waals surface area (Å²) in [7, 11) is -3.51. The number of para-hydroxylation sites is 1. The lowest BCUT2D eigenvalue weighted by Gasteiger charge is -2.37. The molecule has 49 heavy (non-hydrogen) atoms. The molecular formula is C35H47F3N6O3S2. The summed E-state index contributed by atoms with van der Waals surface area (Å²) in [4.78, 5) is 7.06. The number of hydrogen-bond acceptors (Lipinski definition) is 8. The fourth-order valence-corrected chi connectivity index (χ4v) is 9.17. The van der Waals surface area contributed by atoms with Crippen LogP contribution < -0.4 is 4.90 Å². The van der Waals surface area contributed by atoms with Gasteiger partial charge in [-0.1, -0.05) is 30.7 Å². The SMILES string of the molecule is Cc1ccccc1N1CCN(CC(O)Cn2nc(-c3ccc(C(F)(F)F)c(SCCN4CCCCC4)c3)c3c2CCN(S(C)(=O)=O)C3)CC1. The van der Waals surface area contributed by atoms with Gasteiger partial charge in [0.2, 0.25) is 10.0 Å². The van der Waals surface area contributed by atoms with Crippen LogP contribution in [-0.4, -0.2) is 114 Å². The van der Waals surface area contributed by atoms with E-state index >= 15 is 0 Å². The molecule has 3 aliphatic heterocycles. The van der Waals surface area contributed by atoms with Crippen LogP contribution in [0.15, 0.2) is 47.4 Å². The number of hydrogen-bond donors (Lipinski definition) is 1. The number of anilines is 1. The van der Waals surface area contributed by atoms with Gasteiger partial charge in [0, 0.05) is 91.9 Å². The molecule has 0 saturated carbocycles. The topological polar surface area (TPSA) is 85.2 Å². The number of halogens is 3. The van der Waals surface area contributed by atoms with Gasteiger partial charge in [0.15, 0.2) is 0 Å². The molecule has 0 radical (unpaired) electrons. The number of rotatable bonds is 11. The van der Waals surface area contributed by atoms with Gasteiger partial charge < -0.3 is 14.9 Å². The largest absolute Gasteiger partial charge is 0.417 e. The predicted molar refractivity (Wildman–Crippen MR) is 188 cm³/mol. The lowest BCUT2D eigenvalue weighted by Crippen LogP contribution is -2.49. The van der Waals surface area contributed by atoms with E-state index in [0.29, 0.717) is 35.5 Å². The van der Waals surface area contributed by atoms with Crippen LogP contribution in [0.4, 0.5) is 18.9 Å². The smallest absolute Gasteiger partial charge is 0.390 e. The quantitative estimate of drug-likeness (QED) is 0.279. The standard InChI is InChI=1S/C35H47F3N6O3S2/c1-26-8-4-5-9-31(26)42-18-16-41(17-19-42)23-28(45)24-44-32-12-15-43(49(2,46)47)25-29(32)34(39-44)27-10-11-30(35(36,37)38)33(22-27)48-21-20-40-13-6-3-7-14-40/h4-5,8-11,22,28,45H,3,6-7,12-21,23-25H2,1-2H3. The number of β-amino-alcohol motifs (C(OH)–C–C–N with tert-alkyl or cyclic N) is 1. The van der Waals surface area contributed by atoms with Crippen LogP contribution >= 0.6 is 11.8 Å². The van der Waals surface area contributed by atoms with Crippen LogP contribution in [-0.2, 0) is 35.7 Å². The van der Waals surface area contributed by atoms with Gasteiger partial charge >= 0.3 is 6.18 Å². The monoisotopic (exact) mass is 720 g/mol. The molecule has 14 heteroatoms. The molecule has 0 bridgehead atoms. The molecule has 1 N–H and O–H groups in total. The molecule has 2 fully saturated rings. The number of likely N-dealkylation sites (tertiary alicyclic amines) is 1. The van der Waals surface area contributed by atoms with E-state index in [0.717, 1.165) is 70.4 Å². The number of benzene rings is 2. The summed E-state index contributed by atoms with van der Waals surface area (Å²) in [6, 6.07) is 12.4. The maximum absolute atomic E-state index is 14.1. The fourth-order valence-electron chi connectivity index (χ4n) is 7.27. The molecule has 1 aromatic heterocycles. The van der Waals surface area contributed by atoms with Crippen molar-refractivity contribution in [3.8, 4) is 11.3 Å². The second-order valence-corrected chi connectivity index (χ2v) is 16.6. The molecule has 3 aliphatic rings. The Morgan fingerprint density at radius 2 is 1.67 bits per heavy atom. The first-order valence-electron chi connectivity index (χ1n) is 17.2. The highest BCUT2D eigenvalue weighted by Crippen LogP contribution is 2.40. The highest BCUT2D eigenvalue weighted by molar-refractivity contribution is 7.99. The van der Waals surface area contributed by atoms with E-state index in [9.17, 15) is 26.7 Å². The van der Waals surface area contributed by atoms with Crippen molar-refractivity contribution in [2.45, 2.75) is 62.9 Å². The average Bonchev–Trinajstić information content (AvgIpc) is 3.42. The Balaban J connectivity index is 1.21. The van der Waals surface area contributed by atoms with Gasteiger partial charge in [-0.25, -0.2) is 8.42 Å². The van der Waals surface area contributed by atoms with Crippen LogP contribution in [0.1, 0.15) is 41.6 Å². The second kappa shape index (κ2) is 15.3. The Hall–Kier alpha value is -2.62. The third-order valence-corrected chi connectivity index (χ3v) is 12.2. The molecule has 268 valence electrons. The van der Waals surface area contributed by atoms with Crippen molar-refractivity contribution in [2.24, 2.45) is 0 Å². The first-order valence-corrected chi connectivity index (χ1v) is 20.0. The lowest BCUT2D eigenvalue weighted by molar-refractivity contribution is -0.139. The zero-order valence-corrected chi connectivity index (χ0v) is 30.0. The number of thioether (sulfide) groups is 1. The van der Waals surface area contributed by atoms with Crippen molar-refractivity contribution < 1.29 is 26.7 Å². The summed E-state index contributed by atoms with van der Waals surface area (Å²) >= 11 is 1.20. The van der Waals surface area contributed by atoms with Gasteiger partial charge in [-0.3, -0.25) is 9.58 Å². The Morgan fingerprint density at radius 3 is 2.37 bits per heavy atom. The molecule has 0 amide bonds. The Labute approximate surface area is 292 Å². The van der Waals surface area contributed by atoms with Crippen LogP contribution in [0.5, 0.6) is 0 Å². The number of piperidine rings is 1. The van der Waals surface area contributed by atoms with Crippen molar-refractivity contribution in [3.63, 3.8) is 0 Å². The number of aryl methyl sites for hydroxylation is 1. The molecule has 4 heterocycles. The van der Waals surface area contributed by atoms with Crippen molar-refractivity contribution in [3.05, 3.63) is 64.8 Å². The third kappa shape index (κ3) is 8.82. The number of alkyl halides is 3. The van der Waals surface area contributed by atoms with Crippen LogP contribution in [0.25, 0.3) is 11.3 Å². The van der Waals surface area contributed by atoms with E-state index in [2.05, 4.69) is 33.8 Å². The molecule has 3 aromatic rings. The van der Waals surface area contributed by atoms with Crippen molar-refractivity contribution in [1.82, 2.24) is 23.9 Å². The molecule has 2 aromatic carbocycles. The number of piperazine rings is 1. The van der Waals surface area contributed by atoms with E-state index in [1.54, 1.807) is 10.7 Å². The zero-order valence-electron chi connectivity index (χ0n) is 28.3. The van der Waals surface area contributed by atoms with Gasteiger partial charge in [-0.2, -0.15) is 22.6 Å². The van der Waals surface area contributed by atoms with Gasteiger partial charge in [0.1, 0.15) is 0 Å². The van der Waals surface area contributed by atoms with Crippen LogP contribution in [0.3, 0.4) is 0 Å². The first-order chi connectivity index (χ1) is 23.4. The zero-order chi connectivity index (χ0) is 34.8. The Kier molecular flexibility index (Phi) is 11.3. The van der Waals surface area contributed by atoms with Gasteiger partial charge in [0.25, 0.3) is 0 Å². The number of aliphatic hydroxyl groups is 1. The van der Waals surface area contributed by atoms with Crippen molar-refractivity contribution in [2.75, 3.05) is 75.8 Å². The van der Waals surface area contributed by atoms with Gasteiger partial charge in [0.05, 0.1) is 30.2 Å². The van der Waals surface area contributed by atoms with E-state index in [-0.39, 0.29) is 24.5 Å². The van der Waals surface area contributed by atoms with Crippen molar-refractivity contribution >= 4 is 27.5 Å². The molecule has 0 aliphatic carbocycles. The van der Waals surface area contributed by atoms with E-state index in [1.165, 1.54) is 46.1 Å². The number of fused-ring (bicyclic) bond motifs is 1. The minimum atomic E-state index is -4.51. The summed E-state index contributed by atoms with van der Waals surface area (Å²) in [5.74, 6) is 0.534. The normalized spacial score (nSPS) is 19.3. The second-order valence-electron chi connectivity index (χ2n) is 13.5. The fraction of sp³-hybridized carbons (Fsp3) is 0.571. The summed E-state index contributed by atoms with van der Waals surface area (Å²) in [5.41, 5.74) is 4.27. The van der Waals surface area contributed by atoms with Gasteiger partial charge in [-0.05, 0) is 56.6 Å². The van der Waals surface area contributed by atoms with Gasteiger partial charge in [-0.15, -0.1) is 11.8 Å². The Morgan fingerprint density at radius 1 is 0.939 bits per heavy atom. The number of aromatic nitrogens is 2. The maximum atomic E-state index is 14.1. The average molecular weight is 721 g/mol. The molecule has 6 rings (SSSR count). The molecule has 1 atom stereocenters. The number of aliphatic hydroxyl groups excluding tert-OH is 1. The maximum Gasteiger partial charge on any atom is 0.417 e. The third-order valence-electron chi connectivity index (χ3n) is 9.92. The highest BCUT2D eigenvalue weighted by atomic mass is 32.2. The first kappa shape index (κ1) is 36.2. The van der Waals surface area contributed by atoms with Crippen molar-refractivity contribution in [1.29, 1.82) is 0 Å². The van der Waals surface area contributed by atoms with E-state index < -0.39 is 27.9 Å². The summed E-state index contributed by atoms with van der Waals surface area (Å²) in [5, 5.41) is 16.1. The Bertz CT molecular complexity index is 1700. The summed E-state index contributed by atoms with van der Waals surface area (Å²) in [6.07, 6.45) is -0.247. The molecule has 2 saturated heterocycles. The highest BCUT2D eigenvalue weighted by Gasteiger charge is 2.35. The van der Waals surface area contributed by atoms with Crippen LogP contribution in [0.2, 0.25) is 0 Å².